The topological polar surface area (TPSA) is 72.6 Å². The van der Waals surface area contributed by atoms with Crippen LogP contribution < -0.4 is 10.5 Å². The Labute approximate surface area is 132 Å². The summed E-state index contributed by atoms with van der Waals surface area (Å²) in [6, 6.07) is 6.82. The lowest BCUT2D eigenvalue weighted by Crippen LogP contribution is -2.38. The van der Waals surface area contributed by atoms with Gasteiger partial charge in [0.25, 0.3) is 0 Å². The maximum atomic E-state index is 12.8. The average molecular weight is 324 g/mol. The van der Waals surface area contributed by atoms with E-state index in [0.717, 1.165) is 19.3 Å². The van der Waals surface area contributed by atoms with Gasteiger partial charge in [-0.3, -0.25) is 0 Å². The van der Waals surface area contributed by atoms with E-state index in [1.165, 1.54) is 0 Å². The predicted molar refractivity (Wildman–Crippen MR) is 85.2 cm³/mol. The van der Waals surface area contributed by atoms with Crippen molar-refractivity contribution in [2.45, 2.75) is 37.1 Å². The highest BCUT2D eigenvalue weighted by molar-refractivity contribution is 7.89. The Morgan fingerprint density at radius 3 is 2.59 bits per heavy atom. The Kier molecular flexibility index (Phi) is 4.43. The van der Waals surface area contributed by atoms with E-state index in [9.17, 15) is 8.42 Å². The lowest BCUT2D eigenvalue weighted by molar-refractivity contribution is 0.260. The molecule has 2 aliphatic rings. The van der Waals surface area contributed by atoms with Crippen LogP contribution in [-0.4, -0.2) is 38.5 Å². The number of sulfonamides is 1. The van der Waals surface area contributed by atoms with Crippen LogP contribution in [0.5, 0.6) is 5.75 Å². The molecule has 122 valence electrons. The van der Waals surface area contributed by atoms with Gasteiger partial charge in [-0.15, -0.1) is 0 Å². The molecule has 3 unspecified atom stereocenters. The van der Waals surface area contributed by atoms with E-state index >= 15 is 0 Å². The van der Waals surface area contributed by atoms with Crippen LogP contribution in [0.2, 0.25) is 0 Å². The Balaban J connectivity index is 1.78. The Hall–Kier alpha value is -1.11. The fourth-order valence-corrected chi connectivity index (χ4v) is 5.23. The van der Waals surface area contributed by atoms with Crippen LogP contribution in [0.1, 0.15) is 26.2 Å². The van der Waals surface area contributed by atoms with E-state index in [4.69, 9.17) is 10.5 Å². The standard InChI is InChI=1S/C16H24N2O3S/c1-2-21-13-6-8-14(9-7-13)22(19,20)18-10-12-4-3-5-16(17)15(12)11-18/h6-9,12,15-16H,2-5,10-11,17H2,1H3. The molecule has 0 aromatic heterocycles. The first-order chi connectivity index (χ1) is 10.5. The number of rotatable bonds is 4. The summed E-state index contributed by atoms with van der Waals surface area (Å²) in [7, 11) is -3.43. The van der Waals surface area contributed by atoms with Crippen LogP contribution in [0.25, 0.3) is 0 Å². The van der Waals surface area contributed by atoms with Crippen LogP contribution in [0.3, 0.4) is 0 Å². The second-order valence-electron chi connectivity index (χ2n) is 6.25. The number of benzene rings is 1. The maximum absolute atomic E-state index is 12.8. The van der Waals surface area contributed by atoms with Crippen LogP contribution in [-0.2, 0) is 10.0 Å². The van der Waals surface area contributed by atoms with E-state index in [0.29, 0.717) is 42.2 Å². The average Bonchev–Trinajstić information content (AvgIpc) is 2.95. The monoisotopic (exact) mass is 324 g/mol. The summed E-state index contributed by atoms with van der Waals surface area (Å²) >= 11 is 0. The maximum Gasteiger partial charge on any atom is 0.243 e. The third-order valence-corrected chi connectivity index (χ3v) is 6.74. The largest absolute Gasteiger partial charge is 0.494 e. The molecular weight excluding hydrogens is 300 g/mol. The molecule has 3 atom stereocenters. The Morgan fingerprint density at radius 2 is 1.95 bits per heavy atom. The van der Waals surface area contributed by atoms with Gasteiger partial charge in [-0.1, -0.05) is 6.42 Å². The number of ether oxygens (including phenoxy) is 1. The van der Waals surface area contributed by atoms with Gasteiger partial charge in [0.15, 0.2) is 0 Å². The molecule has 2 N–H and O–H groups in total. The van der Waals surface area contributed by atoms with Crippen molar-refractivity contribution in [3.63, 3.8) is 0 Å². The van der Waals surface area contributed by atoms with Crippen LogP contribution >= 0.6 is 0 Å². The van der Waals surface area contributed by atoms with E-state index < -0.39 is 10.0 Å². The van der Waals surface area contributed by atoms with Gasteiger partial charge in [0.1, 0.15) is 5.75 Å². The van der Waals surface area contributed by atoms with Crippen molar-refractivity contribution in [1.82, 2.24) is 4.31 Å². The third kappa shape index (κ3) is 2.87. The van der Waals surface area contributed by atoms with Gasteiger partial charge >= 0.3 is 0 Å². The molecule has 2 fully saturated rings. The molecule has 0 spiro atoms. The summed E-state index contributed by atoms with van der Waals surface area (Å²) in [5.41, 5.74) is 6.18. The lowest BCUT2D eigenvalue weighted by atomic mass is 9.78. The Bertz CT molecular complexity index is 615. The second-order valence-corrected chi connectivity index (χ2v) is 8.18. The number of nitrogens with zero attached hydrogens (tertiary/aromatic N) is 1. The minimum atomic E-state index is -3.43. The van der Waals surface area contributed by atoms with Crippen molar-refractivity contribution < 1.29 is 13.2 Å². The fourth-order valence-electron chi connectivity index (χ4n) is 3.70. The first kappa shape index (κ1) is 15.8. The molecule has 0 radical (unpaired) electrons. The highest BCUT2D eigenvalue weighted by atomic mass is 32.2. The SMILES string of the molecule is CCOc1ccc(S(=O)(=O)N2CC3CCCC(N)C3C2)cc1. The number of fused-ring (bicyclic) bond motifs is 1. The van der Waals surface area contributed by atoms with E-state index in [1.54, 1.807) is 28.6 Å². The molecule has 0 amide bonds. The zero-order chi connectivity index (χ0) is 15.7. The first-order valence-corrected chi connectivity index (χ1v) is 9.45. The van der Waals surface area contributed by atoms with Crippen molar-refractivity contribution in [3.8, 4) is 5.75 Å². The number of hydrogen-bond donors (Lipinski definition) is 1. The van der Waals surface area contributed by atoms with Crippen molar-refractivity contribution in [2.24, 2.45) is 17.6 Å². The van der Waals surface area contributed by atoms with Crippen molar-refractivity contribution in [3.05, 3.63) is 24.3 Å². The van der Waals surface area contributed by atoms with Gasteiger partial charge in [0.2, 0.25) is 10.0 Å². The van der Waals surface area contributed by atoms with E-state index in [1.807, 2.05) is 6.92 Å². The summed E-state index contributed by atoms with van der Waals surface area (Å²) < 4.78 is 32.6. The molecular formula is C16H24N2O3S. The third-order valence-electron chi connectivity index (χ3n) is 4.89. The molecule has 1 aromatic carbocycles. The van der Waals surface area contributed by atoms with Crippen LogP contribution in [0.15, 0.2) is 29.2 Å². The number of nitrogens with two attached hydrogens (primary N) is 1. The van der Waals surface area contributed by atoms with Crippen molar-refractivity contribution >= 4 is 10.0 Å². The first-order valence-electron chi connectivity index (χ1n) is 8.01. The normalized spacial score (nSPS) is 29.3. The van der Waals surface area contributed by atoms with Gasteiger partial charge < -0.3 is 10.5 Å². The molecule has 0 bridgehead atoms. The van der Waals surface area contributed by atoms with Crippen LogP contribution in [0.4, 0.5) is 0 Å². The van der Waals surface area contributed by atoms with Crippen molar-refractivity contribution in [1.29, 1.82) is 0 Å². The van der Waals surface area contributed by atoms with Gasteiger partial charge in [0, 0.05) is 19.1 Å². The fraction of sp³-hybridized carbons (Fsp3) is 0.625. The molecule has 5 nitrogen and oxygen atoms in total. The van der Waals surface area contributed by atoms with Gasteiger partial charge in [0.05, 0.1) is 11.5 Å². The molecule has 1 aliphatic carbocycles. The zero-order valence-electron chi connectivity index (χ0n) is 12.9. The zero-order valence-corrected chi connectivity index (χ0v) is 13.8. The molecule has 1 saturated heterocycles. The summed E-state index contributed by atoms with van der Waals surface area (Å²) in [6.07, 6.45) is 3.21. The summed E-state index contributed by atoms with van der Waals surface area (Å²) in [4.78, 5) is 0.336. The molecule has 3 rings (SSSR count). The molecule has 1 saturated carbocycles. The van der Waals surface area contributed by atoms with Crippen LogP contribution in [0, 0.1) is 11.8 Å². The molecule has 22 heavy (non-hydrogen) atoms. The minimum absolute atomic E-state index is 0.138. The minimum Gasteiger partial charge on any atom is -0.494 e. The highest BCUT2D eigenvalue weighted by Gasteiger charge is 2.43. The molecule has 1 aliphatic heterocycles. The smallest absolute Gasteiger partial charge is 0.243 e. The van der Waals surface area contributed by atoms with Gasteiger partial charge in [-0.2, -0.15) is 4.31 Å². The number of hydrogen-bond acceptors (Lipinski definition) is 4. The summed E-state index contributed by atoms with van der Waals surface area (Å²) in [5, 5.41) is 0. The van der Waals surface area contributed by atoms with E-state index in [2.05, 4.69) is 0 Å². The quantitative estimate of drug-likeness (QED) is 0.917. The van der Waals surface area contributed by atoms with E-state index in [-0.39, 0.29) is 6.04 Å². The predicted octanol–water partition coefficient (Wildman–Crippen LogP) is 1.83. The highest BCUT2D eigenvalue weighted by Crippen LogP contribution is 2.37. The second kappa shape index (κ2) is 6.18. The molecule has 1 heterocycles. The van der Waals surface area contributed by atoms with Gasteiger partial charge in [-0.25, -0.2) is 8.42 Å². The van der Waals surface area contributed by atoms with Gasteiger partial charge in [-0.05, 0) is 55.9 Å². The molecule has 6 heteroatoms. The summed E-state index contributed by atoms with van der Waals surface area (Å²) in [5.74, 6) is 1.42. The lowest BCUT2D eigenvalue weighted by Gasteiger charge is -2.29. The Morgan fingerprint density at radius 1 is 1.23 bits per heavy atom. The summed E-state index contributed by atoms with van der Waals surface area (Å²) in [6.45, 7) is 3.63. The van der Waals surface area contributed by atoms with Crippen molar-refractivity contribution in [2.75, 3.05) is 19.7 Å². The molecule has 1 aromatic rings.